The number of hydrogen-bond donors (Lipinski definition) is 3. The van der Waals surface area contributed by atoms with Gasteiger partial charge < -0.3 is 25.8 Å². The van der Waals surface area contributed by atoms with Gasteiger partial charge in [0, 0.05) is 63.1 Å². The van der Waals surface area contributed by atoms with Gasteiger partial charge in [-0.05, 0) is 36.4 Å². The molecule has 1 saturated heterocycles. The molecule has 1 aromatic carbocycles. The molecule has 3 N–H and O–H groups in total. The number of aromatic nitrogens is 1. The quantitative estimate of drug-likeness (QED) is 0.632. The number of rotatable bonds is 7. The molecule has 0 atom stereocenters. The average Bonchev–Trinajstić information content (AvgIpc) is 2.81. The monoisotopic (exact) mass is 424 g/mol. The van der Waals surface area contributed by atoms with E-state index in [-0.39, 0.29) is 30.8 Å². The first-order valence-electron chi connectivity index (χ1n) is 10.4. The number of nitrogens with zero attached hydrogens (tertiary/aromatic N) is 3. The average molecular weight is 425 g/mol. The minimum Gasteiger partial charge on any atom is -0.353 e. The second-order valence-electron chi connectivity index (χ2n) is 7.17. The Labute approximate surface area is 181 Å². The normalized spacial score (nSPS) is 13.5. The Hall–Kier alpha value is -3.62. The lowest BCUT2D eigenvalue weighted by atomic mass is 10.2. The van der Waals surface area contributed by atoms with E-state index in [0.717, 1.165) is 18.9 Å². The van der Waals surface area contributed by atoms with Crippen molar-refractivity contribution in [2.45, 2.75) is 19.8 Å². The van der Waals surface area contributed by atoms with Crippen LogP contribution in [0.1, 0.15) is 19.8 Å². The van der Waals surface area contributed by atoms with Crippen molar-refractivity contribution in [1.82, 2.24) is 15.2 Å². The fourth-order valence-corrected chi connectivity index (χ4v) is 3.23. The van der Waals surface area contributed by atoms with Crippen LogP contribution in [0.25, 0.3) is 0 Å². The van der Waals surface area contributed by atoms with Gasteiger partial charge in [0.2, 0.25) is 11.8 Å². The van der Waals surface area contributed by atoms with Gasteiger partial charge in [0.1, 0.15) is 5.82 Å². The van der Waals surface area contributed by atoms with Gasteiger partial charge in [0.15, 0.2) is 0 Å². The van der Waals surface area contributed by atoms with Crippen molar-refractivity contribution in [1.29, 1.82) is 0 Å². The van der Waals surface area contributed by atoms with Crippen molar-refractivity contribution in [3.05, 3.63) is 48.7 Å². The number of nitrogens with one attached hydrogen (secondary N) is 3. The smallest absolute Gasteiger partial charge is 0.319 e. The lowest BCUT2D eigenvalue weighted by molar-refractivity contribution is -0.131. The topological polar surface area (TPSA) is 107 Å². The predicted molar refractivity (Wildman–Crippen MR) is 120 cm³/mol. The maximum absolute atomic E-state index is 12.4. The van der Waals surface area contributed by atoms with E-state index in [0.29, 0.717) is 30.9 Å². The molecule has 0 saturated carbocycles. The molecule has 0 spiro atoms. The third-order valence-corrected chi connectivity index (χ3v) is 4.98. The van der Waals surface area contributed by atoms with Crippen LogP contribution in [0, 0.1) is 0 Å². The van der Waals surface area contributed by atoms with Crippen LogP contribution in [-0.4, -0.2) is 60.5 Å². The molecule has 164 valence electrons. The van der Waals surface area contributed by atoms with Crippen molar-refractivity contribution in [2.75, 3.05) is 48.3 Å². The summed E-state index contributed by atoms with van der Waals surface area (Å²) in [6, 6.07) is 12.3. The van der Waals surface area contributed by atoms with Gasteiger partial charge >= 0.3 is 6.03 Å². The Morgan fingerprint density at radius 2 is 1.61 bits per heavy atom. The van der Waals surface area contributed by atoms with Crippen molar-refractivity contribution < 1.29 is 14.4 Å². The summed E-state index contributed by atoms with van der Waals surface area (Å²) in [5.41, 5.74) is 1.27. The number of anilines is 3. The summed E-state index contributed by atoms with van der Waals surface area (Å²) in [6.45, 7) is 4.81. The van der Waals surface area contributed by atoms with Crippen LogP contribution < -0.4 is 20.9 Å². The zero-order chi connectivity index (χ0) is 22.1. The van der Waals surface area contributed by atoms with E-state index in [2.05, 4.69) is 25.8 Å². The van der Waals surface area contributed by atoms with E-state index >= 15 is 0 Å². The second kappa shape index (κ2) is 11.0. The standard InChI is InChI=1S/C22H28N6O3/c1-2-20(29)25-17-6-8-18(9-7-17)26-22(31)24-12-10-21(30)28-15-13-27(14-16-28)19-5-3-4-11-23-19/h3-9,11H,2,10,12-16H2,1H3,(H,25,29)(H2,24,26,31). The first-order valence-corrected chi connectivity index (χ1v) is 10.4. The van der Waals surface area contributed by atoms with Gasteiger partial charge in [-0.15, -0.1) is 0 Å². The van der Waals surface area contributed by atoms with Crippen LogP contribution in [0.15, 0.2) is 48.7 Å². The predicted octanol–water partition coefficient (Wildman–Crippen LogP) is 2.29. The molecule has 4 amide bonds. The zero-order valence-corrected chi connectivity index (χ0v) is 17.6. The number of urea groups is 1. The van der Waals surface area contributed by atoms with Gasteiger partial charge in [0.05, 0.1) is 0 Å². The molecule has 1 aromatic heterocycles. The van der Waals surface area contributed by atoms with E-state index in [1.807, 2.05) is 23.1 Å². The van der Waals surface area contributed by atoms with Gasteiger partial charge in [-0.2, -0.15) is 0 Å². The third-order valence-electron chi connectivity index (χ3n) is 4.98. The summed E-state index contributed by atoms with van der Waals surface area (Å²) in [7, 11) is 0. The largest absolute Gasteiger partial charge is 0.353 e. The number of benzene rings is 1. The molecule has 1 aliphatic heterocycles. The summed E-state index contributed by atoms with van der Waals surface area (Å²) in [6.07, 6.45) is 2.42. The van der Waals surface area contributed by atoms with Crippen molar-refractivity contribution in [2.24, 2.45) is 0 Å². The van der Waals surface area contributed by atoms with Gasteiger partial charge in [-0.1, -0.05) is 13.0 Å². The number of pyridine rings is 1. The number of hydrogen-bond acceptors (Lipinski definition) is 5. The Morgan fingerprint density at radius 3 is 2.23 bits per heavy atom. The highest BCUT2D eigenvalue weighted by molar-refractivity contribution is 5.92. The maximum atomic E-state index is 12.4. The fourth-order valence-electron chi connectivity index (χ4n) is 3.23. The van der Waals surface area contributed by atoms with Crippen LogP contribution in [0.4, 0.5) is 22.0 Å². The molecule has 1 fully saturated rings. The Morgan fingerprint density at radius 1 is 0.935 bits per heavy atom. The van der Waals surface area contributed by atoms with Crippen LogP contribution >= 0.6 is 0 Å². The van der Waals surface area contributed by atoms with E-state index in [9.17, 15) is 14.4 Å². The highest BCUT2D eigenvalue weighted by atomic mass is 16.2. The van der Waals surface area contributed by atoms with Crippen molar-refractivity contribution >= 4 is 35.0 Å². The minimum atomic E-state index is -0.377. The molecule has 2 heterocycles. The van der Waals surface area contributed by atoms with E-state index in [4.69, 9.17) is 0 Å². The third kappa shape index (κ3) is 6.70. The van der Waals surface area contributed by atoms with Gasteiger partial charge in [-0.25, -0.2) is 9.78 Å². The number of carbonyl (C=O) groups is 3. The molecule has 3 rings (SSSR count). The van der Waals surface area contributed by atoms with Crippen molar-refractivity contribution in [3.8, 4) is 0 Å². The van der Waals surface area contributed by atoms with Gasteiger partial charge in [0.25, 0.3) is 0 Å². The summed E-state index contributed by atoms with van der Waals surface area (Å²) < 4.78 is 0. The molecule has 0 aliphatic carbocycles. The summed E-state index contributed by atoms with van der Waals surface area (Å²) >= 11 is 0. The van der Waals surface area contributed by atoms with Gasteiger partial charge in [-0.3, -0.25) is 9.59 Å². The lowest BCUT2D eigenvalue weighted by Crippen LogP contribution is -2.49. The molecule has 0 bridgehead atoms. The first-order chi connectivity index (χ1) is 15.0. The Balaban J connectivity index is 1.35. The molecule has 0 unspecified atom stereocenters. The van der Waals surface area contributed by atoms with E-state index in [1.54, 1.807) is 37.4 Å². The van der Waals surface area contributed by atoms with E-state index in [1.165, 1.54) is 0 Å². The zero-order valence-electron chi connectivity index (χ0n) is 17.6. The lowest BCUT2D eigenvalue weighted by Gasteiger charge is -2.35. The Bertz CT molecular complexity index is 880. The number of piperazine rings is 1. The number of carbonyl (C=O) groups excluding carboxylic acids is 3. The SMILES string of the molecule is CCC(=O)Nc1ccc(NC(=O)NCCC(=O)N2CCN(c3ccccn3)CC2)cc1. The maximum Gasteiger partial charge on any atom is 0.319 e. The molecule has 9 nitrogen and oxygen atoms in total. The summed E-state index contributed by atoms with van der Waals surface area (Å²) in [5.74, 6) is 0.881. The van der Waals surface area contributed by atoms with Crippen LogP contribution in [-0.2, 0) is 9.59 Å². The molecule has 2 aromatic rings. The van der Waals surface area contributed by atoms with E-state index < -0.39 is 0 Å². The van der Waals surface area contributed by atoms with Crippen LogP contribution in [0.2, 0.25) is 0 Å². The van der Waals surface area contributed by atoms with Crippen molar-refractivity contribution in [3.63, 3.8) is 0 Å². The molecular formula is C22H28N6O3. The highest BCUT2D eigenvalue weighted by Gasteiger charge is 2.21. The second-order valence-corrected chi connectivity index (χ2v) is 7.17. The number of amides is 4. The molecule has 31 heavy (non-hydrogen) atoms. The summed E-state index contributed by atoms with van der Waals surface area (Å²) in [4.78, 5) is 44.2. The highest BCUT2D eigenvalue weighted by Crippen LogP contribution is 2.14. The minimum absolute atomic E-state index is 0.0250. The van der Waals surface area contributed by atoms with Crippen LogP contribution in [0.5, 0.6) is 0 Å². The molecule has 9 heteroatoms. The van der Waals surface area contributed by atoms with Crippen LogP contribution in [0.3, 0.4) is 0 Å². The molecule has 1 aliphatic rings. The molecular weight excluding hydrogens is 396 g/mol. The first kappa shape index (κ1) is 22.1. The Kier molecular flexibility index (Phi) is 7.80. The molecule has 0 radical (unpaired) electrons. The summed E-state index contributed by atoms with van der Waals surface area (Å²) in [5, 5.41) is 8.16. The fraction of sp³-hybridized carbons (Fsp3) is 0.364.